The van der Waals surface area contributed by atoms with Gasteiger partial charge in [0.25, 0.3) is 0 Å². The van der Waals surface area contributed by atoms with E-state index in [9.17, 15) is 4.79 Å². The van der Waals surface area contributed by atoms with E-state index in [4.69, 9.17) is 0 Å². The highest BCUT2D eigenvalue weighted by Gasteiger charge is 2.56. The van der Waals surface area contributed by atoms with E-state index in [2.05, 4.69) is 17.6 Å². The molecular formula is C14H25ClN2O. The molecule has 3 fully saturated rings. The first kappa shape index (κ1) is 14.1. The summed E-state index contributed by atoms with van der Waals surface area (Å²) in [5.41, 5.74) is 0. The van der Waals surface area contributed by atoms with Crippen LogP contribution in [0.2, 0.25) is 0 Å². The van der Waals surface area contributed by atoms with Gasteiger partial charge in [0.15, 0.2) is 0 Å². The molecule has 0 aromatic carbocycles. The summed E-state index contributed by atoms with van der Waals surface area (Å²) >= 11 is 0. The van der Waals surface area contributed by atoms with Gasteiger partial charge in [-0.15, -0.1) is 12.4 Å². The van der Waals surface area contributed by atoms with Gasteiger partial charge < -0.3 is 10.6 Å². The first-order chi connectivity index (χ1) is 8.27. The molecule has 0 spiro atoms. The predicted octanol–water partition coefficient (Wildman–Crippen LogP) is 1.96. The quantitative estimate of drug-likeness (QED) is 0.825. The van der Waals surface area contributed by atoms with Crippen molar-refractivity contribution in [3.8, 4) is 0 Å². The smallest absolute Gasteiger partial charge is 0.223 e. The van der Waals surface area contributed by atoms with Crippen LogP contribution in [-0.2, 0) is 4.79 Å². The van der Waals surface area contributed by atoms with E-state index < -0.39 is 0 Å². The van der Waals surface area contributed by atoms with E-state index in [-0.39, 0.29) is 12.4 Å². The molecule has 0 bridgehead atoms. The van der Waals surface area contributed by atoms with Crippen LogP contribution in [0.3, 0.4) is 0 Å². The van der Waals surface area contributed by atoms with Crippen molar-refractivity contribution in [2.75, 3.05) is 13.1 Å². The van der Waals surface area contributed by atoms with E-state index in [1.54, 1.807) is 0 Å². The largest absolute Gasteiger partial charge is 0.353 e. The molecule has 3 nitrogen and oxygen atoms in total. The molecule has 4 atom stereocenters. The molecule has 3 rings (SSSR count). The van der Waals surface area contributed by atoms with Crippen molar-refractivity contribution in [3.63, 3.8) is 0 Å². The summed E-state index contributed by atoms with van der Waals surface area (Å²) in [5.74, 6) is 2.84. The maximum atomic E-state index is 12.1. The van der Waals surface area contributed by atoms with Crippen LogP contribution in [0.5, 0.6) is 0 Å². The molecule has 0 radical (unpaired) electrons. The van der Waals surface area contributed by atoms with Gasteiger partial charge >= 0.3 is 0 Å². The number of carbonyl (C=O) groups is 1. The Balaban J connectivity index is 0.00000120. The van der Waals surface area contributed by atoms with Crippen LogP contribution in [0.15, 0.2) is 0 Å². The lowest BCUT2D eigenvalue weighted by molar-refractivity contribution is -0.124. The van der Waals surface area contributed by atoms with Gasteiger partial charge in [0, 0.05) is 12.0 Å². The van der Waals surface area contributed by atoms with Crippen LogP contribution in [0, 0.1) is 23.7 Å². The third kappa shape index (κ3) is 2.67. The molecule has 1 aliphatic heterocycles. The van der Waals surface area contributed by atoms with Crippen LogP contribution < -0.4 is 10.6 Å². The molecule has 1 amide bonds. The van der Waals surface area contributed by atoms with Gasteiger partial charge in [-0.1, -0.05) is 6.42 Å². The minimum atomic E-state index is 0. The number of carbonyl (C=O) groups excluding carboxylic acids is 1. The summed E-state index contributed by atoms with van der Waals surface area (Å²) in [5, 5.41) is 6.68. The molecule has 0 aromatic heterocycles. The lowest BCUT2D eigenvalue weighted by Crippen LogP contribution is -2.45. The third-order valence-corrected chi connectivity index (χ3v) is 5.12. The van der Waals surface area contributed by atoms with Gasteiger partial charge in [0.2, 0.25) is 5.91 Å². The number of fused-ring (bicyclic) bond motifs is 1. The molecule has 2 saturated carbocycles. The highest BCUT2D eigenvalue weighted by Crippen LogP contribution is 2.57. The Morgan fingerprint density at radius 1 is 1.22 bits per heavy atom. The summed E-state index contributed by atoms with van der Waals surface area (Å²) < 4.78 is 0. The molecule has 4 unspecified atom stereocenters. The Labute approximate surface area is 116 Å². The lowest BCUT2D eigenvalue weighted by Gasteiger charge is -2.29. The van der Waals surface area contributed by atoms with E-state index in [0.29, 0.717) is 23.8 Å². The fraction of sp³-hybridized carbons (Fsp3) is 0.929. The fourth-order valence-corrected chi connectivity index (χ4v) is 3.95. The average Bonchev–Trinajstić information content (AvgIpc) is 2.85. The second-order valence-corrected chi connectivity index (χ2v) is 6.19. The van der Waals surface area contributed by atoms with Crippen molar-refractivity contribution < 1.29 is 4.79 Å². The molecule has 104 valence electrons. The van der Waals surface area contributed by atoms with Crippen molar-refractivity contribution in [3.05, 3.63) is 0 Å². The Kier molecular flexibility index (Phi) is 4.54. The van der Waals surface area contributed by atoms with E-state index in [0.717, 1.165) is 24.9 Å². The standard InChI is InChI=1S/C14H24N2O.ClH/c1-9(10-4-3-7-15-8-10)16-14(17)13-11-5-2-6-12(11)13;/h9-13,15H,2-8H2,1H3,(H,16,17);1H. The summed E-state index contributed by atoms with van der Waals surface area (Å²) in [7, 11) is 0. The van der Waals surface area contributed by atoms with Crippen LogP contribution in [0.4, 0.5) is 0 Å². The molecule has 1 saturated heterocycles. The number of nitrogens with one attached hydrogen (secondary N) is 2. The first-order valence-corrected chi connectivity index (χ1v) is 7.28. The van der Waals surface area contributed by atoms with Gasteiger partial charge in [-0.05, 0) is 63.5 Å². The molecular weight excluding hydrogens is 248 g/mol. The predicted molar refractivity (Wildman–Crippen MR) is 74.8 cm³/mol. The zero-order chi connectivity index (χ0) is 11.8. The number of hydrogen-bond acceptors (Lipinski definition) is 2. The first-order valence-electron chi connectivity index (χ1n) is 7.28. The van der Waals surface area contributed by atoms with Crippen LogP contribution in [-0.4, -0.2) is 25.0 Å². The molecule has 1 heterocycles. The average molecular weight is 273 g/mol. The number of halogens is 1. The van der Waals surface area contributed by atoms with E-state index in [1.807, 2.05) is 0 Å². The maximum Gasteiger partial charge on any atom is 0.223 e. The third-order valence-electron chi connectivity index (χ3n) is 5.12. The number of hydrogen-bond donors (Lipinski definition) is 2. The van der Waals surface area contributed by atoms with Gasteiger partial charge in [0.1, 0.15) is 0 Å². The van der Waals surface area contributed by atoms with E-state index >= 15 is 0 Å². The lowest BCUT2D eigenvalue weighted by atomic mass is 9.92. The second-order valence-electron chi connectivity index (χ2n) is 6.19. The normalized spacial score (nSPS) is 39.4. The van der Waals surface area contributed by atoms with E-state index in [1.165, 1.54) is 32.1 Å². The van der Waals surface area contributed by atoms with Gasteiger partial charge in [0.05, 0.1) is 0 Å². The summed E-state index contributed by atoms with van der Waals surface area (Å²) in [6, 6.07) is 0.344. The molecule has 4 heteroatoms. The van der Waals surface area contributed by atoms with Crippen LogP contribution >= 0.6 is 12.4 Å². The Hall–Kier alpha value is -0.280. The van der Waals surface area contributed by atoms with Crippen molar-refractivity contribution in [1.29, 1.82) is 0 Å². The Morgan fingerprint density at radius 3 is 2.56 bits per heavy atom. The fourth-order valence-electron chi connectivity index (χ4n) is 3.95. The van der Waals surface area contributed by atoms with Gasteiger partial charge in [-0.3, -0.25) is 4.79 Å². The summed E-state index contributed by atoms with van der Waals surface area (Å²) in [6.07, 6.45) is 6.44. The van der Waals surface area contributed by atoms with Crippen LogP contribution in [0.25, 0.3) is 0 Å². The molecule has 0 aromatic rings. The SMILES string of the molecule is CC(NC(=O)C1C2CCCC21)C1CCCNC1.Cl. The Bertz CT molecular complexity index is 294. The monoisotopic (exact) mass is 272 g/mol. The minimum Gasteiger partial charge on any atom is -0.353 e. The number of amides is 1. The van der Waals surface area contributed by atoms with Crippen molar-refractivity contribution >= 4 is 18.3 Å². The van der Waals surface area contributed by atoms with Crippen molar-refractivity contribution in [1.82, 2.24) is 10.6 Å². The number of rotatable bonds is 3. The maximum absolute atomic E-state index is 12.1. The van der Waals surface area contributed by atoms with Crippen molar-refractivity contribution in [2.24, 2.45) is 23.7 Å². The zero-order valence-corrected chi connectivity index (χ0v) is 12.0. The highest BCUT2D eigenvalue weighted by molar-refractivity contribution is 5.85. The minimum absolute atomic E-state index is 0. The molecule has 3 aliphatic rings. The number of piperidine rings is 1. The summed E-state index contributed by atoms with van der Waals surface area (Å²) in [4.78, 5) is 12.1. The molecule has 18 heavy (non-hydrogen) atoms. The summed E-state index contributed by atoms with van der Waals surface area (Å²) in [6.45, 7) is 4.39. The molecule has 2 aliphatic carbocycles. The topological polar surface area (TPSA) is 41.1 Å². The Morgan fingerprint density at radius 2 is 1.94 bits per heavy atom. The highest BCUT2D eigenvalue weighted by atomic mass is 35.5. The van der Waals surface area contributed by atoms with Crippen molar-refractivity contribution in [2.45, 2.75) is 45.1 Å². The van der Waals surface area contributed by atoms with Gasteiger partial charge in [-0.2, -0.15) is 0 Å². The van der Waals surface area contributed by atoms with Gasteiger partial charge in [-0.25, -0.2) is 0 Å². The van der Waals surface area contributed by atoms with Crippen LogP contribution in [0.1, 0.15) is 39.0 Å². The molecule has 2 N–H and O–H groups in total. The second kappa shape index (κ2) is 5.79. The zero-order valence-electron chi connectivity index (χ0n) is 11.2.